The summed E-state index contributed by atoms with van der Waals surface area (Å²) < 4.78 is 7.78. The molecule has 1 heterocycles. The molecule has 0 saturated heterocycles. The first-order chi connectivity index (χ1) is 9.78. The Balaban J connectivity index is 1.98. The lowest BCUT2D eigenvalue weighted by Crippen LogP contribution is -2.42. The predicted molar refractivity (Wildman–Crippen MR) is 82.0 cm³/mol. The zero-order chi connectivity index (χ0) is 14.4. The summed E-state index contributed by atoms with van der Waals surface area (Å²) in [6.07, 6.45) is 9.65. The van der Waals surface area contributed by atoms with Crippen LogP contribution in [0.4, 0.5) is 0 Å². The van der Waals surface area contributed by atoms with Crippen LogP contribution in [0.5, 0.6) is 0 Å². The average Bonchev–Trinajstić information content (AvgIpc) is 3.10. The highest BCUT2D eigenvalue weighted by Gasteiger charge is 2.22. The summed E-state index contributed by atoms with van der Waals surface area (Å²) in [6.45, 7) is 5.29. The molecule has 1 aromatic rings. The Hall–Kier alpha value is -0.870. The van der Waals surface area contributed by atoms with E-state index in [0.717, 1.165) is 19.4 Å². The third-order valence-corrected chi connectivity index (χ3v) is 4.41. The van der Waals surface area contributed by atoms with E-state index in [-0.39, 0.29) is 6.10 Å². The molecule has 20 heavy (non-hydrogen) atoms. The van der Waals surface area contributed by atoms with Crippen LogP contribution in [0.1, 0.15) is 57.7 Å². The van der Waals surface area contributed by atoms with Gasteiger partial charge in [-0.1, -0.05) is 26.7 Å². The van der Waals surface area contributed by atoms with Crippen molar-refractivity contribution in [2.24, 2.45) is 0 Å². The molecule has 1 aromatic heterocycles. The van der Waals surface area contributed by atoms with Crippen molar-refractivity contribution in [3.8, 4) is 0 Å². The van der Waals surface area contributed by atoms with Gasteiger partial charge in [0.2, 0.25) is 0 Å². The van der Waals surface area contributed by atoms with Crippen molar-refractivity contribution in [1.29, 1.82) is 0 Å². The zero-order valence-corrected chi connectivity index (χ0v) is 13.1. The second-order valence-electron chi connectivity index (χ2n) is 5.78. The van der Waals surface area contributed by atoms with Crippen LogP contribution in [0, 0.1) is 0 Å². The number of aromatic nitrogens is 2. The molecular weight excluding hydrogens is 250 g/mol. The molecule has 1 aliphatic rings. The van der Waals surface area contributed by atoms with Gasteiger partial charge in [0.15, 0.2) is 0 Å². The minimum Gasteiger partial charge on any atom is -0.380 e. The lowest BCUT2D eigenvalue weighted by Gasteiger charge is -2.25. The van der Waals surface area contributed by atoms with Gasteiger partial charge >= 0.3 is 0 Å². The van der Waals surface area contributed by atoms with E-state index < -0.39 is 0 Å². The van der Waals surface area contributed by atoms with Crippen LogP contribution >= 0.6 is 0 Å². The van der Waals surface area contributed by atoms with E-state index in [1.807, 2.05) is 0 Å². The molecule has 1 saturated carbocycles. The lowest BCUT2D eigenvalue weighted by molar-refractivity contribution is 0.0655. The Kier molecular flexibility index (Phi) is 6.05. The van der Waals surface area contributed by atoms with Crippen LogP contribution in [-0.2, 0) is 11.2 Å². The Morgan fingerprint density at radius 1 is 1.40 bits per heavy atom. The van der Waals surface area contributed by atoms with Crippen LogP contribution < -0.4 is 5.32 Å². The van der Waals surface area contributed by atoms with E-state index in [4.69, 9.17) is 9.84 Å². The molecule has 4 heteroatoms. The van der Waals surface area contributed by atoms with Crippen LogP contribution in [0.25, 0.3) is 0 Å². The molecule has 1 aliphatic carbocycles. The molecular formula is C16H29N3O. The van der Waals surface area contributed by atoms with Gasteiger partial charge in [0, 0.05) is 25.8 Å². The van der Waals surface area contributed by atoms with E-state index in [9.17, 15) is 0 Å². The molecule has 2 unspecified atom stereocenters. The van der Waals surface area contributed by atoms with Gasteiger partial charge in [-0.25, -0.2) is 0 Å². The van der Waals surface area contributed by atoms with Gasteiger partial charge in [0.25, 0.3) is 0 Å². The second-order valence-corrected chi connectivity index (χ2v) is 5.78. The van der Waals surface area contributed by atoms with E-state index >= 15 is 0 Å². The number of methoxy groups -OCH3 is 1. The van der Waals surface area contributed by atoms with Gasteiger partial charge in [-0.3, -0.25) is 4.68 Å². The molecule has 0 spiro atoms. The molecule has 114 valence electrons. The highest BCUT2D eigenvalue weighted by atomic mass is 16.5. The summed E-state index contributed by atoms with van der Waals surface area (Å²) in [5, 5.41) is 8.32. The Morgan fingerprint density at radius 3 is 2.75 bits per heavy atom. The fraction of sp³-hybridized carbons (Fsp3) is 0.812. The van der Waals surface area contributed by atoms with Crippen molar-refractivity contribution in [2.75, 3.05) is 13.7 Å². The normalized spacial score (nSPS) is 19.4. The van der Waals surface area contributed by atoms with Crippen molar-refractivity contribution in [2.45, 2.75) is 70.6 Å². The van der Waals surface area contributed by atoms with Gasteiger partial charge in [0.1, 0.15) is 0 Å². The third-order valence-electron chi connectivity index (χ3n) is 4.41. The molecule has 0 aliphatic heterocycles. The van der Waals surface area contributed by atoms with Crippen LogP contribution in [-0.4, -0.2) is 35.6 Å². The minimum absolute atomic E-state index is 0.256. The minimum atomic E-state index is 0.256. The highest BCUT2D eigenvalue weighted by Crippen LogP contribution is 2.28. The SMILES string of the molecule is CCNC(Cc1ccn(C2CCCC2)n1)C(CC)OC. The molecule has 0 bridgehead atoms. The van der Waals surface area contributed by atoms with Crippen LogP contribution in [0.2, 0.25) is 0 Å². The van der Waals surface area contributed by atoms with Gasteiger partial charge < -0.3 is 10.1 Å². The lowest BCUT2D eigenvalue weighted by atomic mass is 10.0. The monoisotopic (exact) mass is 279 g/mol. The quantitative estimate of drug-likeness (QED) is 0.795. The van der Waals surface area contributed by atoms with E-state index in [1.165, 1.54) is 31.4 Å². The highest BCUT2D eigenvalue weighted by molar-refractivity contribution is 5.04. The first kappa shape index (κ1) is 15.5. The molecule has 4 nitrogen and oxygen atoms in total. The van der Waals surface area contributed by atoms with Crippen molar-refractivity contribution in [1.82, 2.24) is 15.1 Å². The summed E-state index contributed by atoms with van der Waals surface area (Å²) in [7, 11) is 1.80. The Morgan fingerprint density at radius 2 is 2.15 bits per heavy atom. The Labute approximate surface area is 122 Å². The van der Waals surface area contributed by atoms with Crippen molar-refractivity contribution in [3.63, 3.8) is 0 Å². The predicted octanol–water partition coefficient (Wildman–Crippen LogP) is 2.94. The topological polar surface area (TPSA) is 39.1 Å². The van der Waals surface area contributed by atoms with Gasteiger partial charge in [0.05, 0.1) is 17.8 Å². The number of hydrogen-bond donors (Lipinski definition) is 1. The fourth-order valence-electron chi connectivity index (χ4n) is 3.30. The number of rotatable bonds is 8. The summed E-state index contributed by atoms with van der Waals surface area (Å²) in [6, 6.07) is 3.15. The summed E-state index contributed by atoms with van der Waals surface area (Å²) in [5.74, 6) is 0. The molecule has 0 radical (unpaired) electrons. The van der Waals surface area contributed by atoms with Crippen molar-refractivity contribution < 1.29 is 4.74 Å². The maximum absolute atomic E-state index is 5.60. The maximum atomic E-state index is 5.60. The molecule has 0 aromatic carbocycles. The Bertz CT molecular complexity index is 381. The number of nitrogens with one attached hydrogen (secondary N) is 1. The standard InChI is InChI=1S/C16H29N3O/c1-4-16(20-3)15(17-5-2)12-13-10-11-19(18-13)14-8-6-7-9-14/h10-11,14-17H,4-9,12H2,1-3H3. The molecule has 2 rings (SSSR count). The third kappa shape index (κ3) is 3.83. The van der Waals surface area contributed by atoms with Crippen LogP contribution in [0.3, 0.4) is 0 Å². The smallest absolute Gasteiger partial charge is 0.0725 e. The first-order valence-corrected chi connectivity index (χ1v) is 8.08. The fourth-order valence-corrected chi connectivity index (χ4v) is 3.30. The van der Waals surface area contributed by atoms with Gasteiger partial charge in [-0.15, -0.1) is 0 Å². The molecule has 1 N–H and O–H groups in total. The molecule has 2 atom stereocenters. The zero-order valence-electron chi connectivity index (χ0n) is 13.1. The van der Waals surface area contributed by atoms with Crippen LogP contribution in [0.15, 0.2) is 12.3 Å². The average molecular weight is 279 g/mol. The molecule has 1 fully saturated rings. The van der Waals surface area contributed by atoms with E-state index in [2.05, 4.69) is 36.1 Å². The summed E-state index contributed by atoms with van der Waals surface area (Å²) >= 11 is 0. The maximum Gasteiger partial charge on any atom is 0.0725 e. The summed E-state index contributed by atoms with van der Waals surface area (Å²) in [4.78, 5) is 0. The second kappa shape index (κ2) is 7.79. The van der Waals surface area contributed by atoms with Gasteiger partial charge in [-0.2, -0.15) is 5.10 Å². The molecule has 0 amide bonds. The van der Waals surface area contributed by atoms with Crippen molar-refractivity contribution >= 4 is 0 Å². The largest absolute Gasteiger partial charge is 0.380 e. The van der Waals surface area contributed by atoms with Crippen molar-refractivity contribution in [3.05, 3.63) is 18.0 Å². The number of ether oxygens (including phenoxy) is 1. The van der Waals surface area contributed by atoms with E-state index in [0.29, 0.717) is 12.1 Å². The first-order valence-electron chi connectivity index (χ1n) is 8.08. The van der Waals surface area contributed by atoms with E-state index in [1.54, 1.807) is 7.11 Å². The summed E-state index contributed by atoms with van der Waals surface area (Å²) in [5.41, 5.74) is 1.18. The van der Waals surface area contributed by atoms with Gasteiger partial charge in [-0.05, 0) is 31.9 Å². The number of nitrogens with zero attached hydrogens (tertiary/aromatic N) is 2. The number of hydrogen-bond acceptors (Lipinski definition) is 3. The number of likely N-dealkylation sites (N-methyl/N-ethyl adjacent to an activating group) is 1.